The molecule has 1 aliphatic heterocycles. The molecule has 0 amide bonds. The van der Waals surface area contributed by atoms with Crippen LogP contribution < -0.4 is 20.9 Å². The van der Waals surface area contributed by atoms with E-state index in [4.69, 9.17) is 15.7 Å². The van der Waals surface area contributed by atoms with E-state index >= 15 is 0 Å². The van der Waals surface area contributed by atoms with E-state index < -0.39 is 0 Å². The zero-order chi connectivity index (χ0) is 21.4. The van der Waals surface area contributed by atoms with Crippen molar-refractivity contribution in [3.63, 3.8) is 0 Å². The molecule has 1 saturated carbocycles. The number of nitrogens with zero attached hydrogens (tertiary/aromatic N) is 4. The normalized spacial score (nSPS) is 17.4. The summed E-state index contributed by atoms with van der Waals surface area (Å²) < 4.78 is 0. The highest BCUT2D eigenvalue weighted by molar-refractivity contribution is 5.90. The van der Waals surface area contributed by atoms with Crippen LogP contribution in [0, 0.1) is 6.92 Å². The number of rotatable bonds is 4. The SMILES string of the molecule is Cc1cc(N)c(C2CCCC2)c2nc(N(C)c3ccc(N4CCNCC4)cc3)ncc12. The second kappa shape index (κ2) is 8.35. The molecule has 0 radical (unpaired) electrons. The molecule has 0 bridgehead atoms. The molecule has 2 fully saturated rings. The number of nitrogens with two attached hydrogens (primary N) is 1. The molecule has 3 N–H and O–H groups in total. The summed E-state index contributed by atoms with van der Waals surface area (Å²) >= 11 is 0. The first-order chi connectivity index (χ1) is 15.1. The van der Waals surface area contributed by atoms with Gasteiger partial charge in [0.15, 0.2) is 0 Å². The molecule has 2 aliphatic rings. The molecule has 6 heteroatoms. The third-order valence-corrected chi connectivity index (χ3v) is 6.92. The number of nitrogens with one attached hydrogen (secondary N) is 1. The third-order valence-electron chi connectivity index (χ3n) is 6.92. The molecule has 3 aromatic rings. The highest BCUT2D eigenvalue weighted by Crippen LogP contribution is 2.41. The number of benzene rings is 2. The summed E-state index contributed by atoms with van der Waals surface area (Å²) in [6, 6.07) is 10.8. The molecule has 0 atom stereocenters. The largest absolute Gasteiger partial charge is 0.398 e. The summed E-state index contributed by atoms with van der Waals surface area (Å²) in [7, 11) is 2.04. The standard InChI is InChI=1S/C25H32N6/c1-17-15-22(26)23(18-5-3-4-6-18)24-21(17)16-28-25(29-24)30(2)19-7-9-20(10-8-19)31-13-11-27-12-14-31/h7-10,15-16,18,27H,3-6,11-14,26H2,1-2H3. The number of aryl methyl sites for hydroxylation is 1. The van der Waals surface area contributed by atoms with Crippen LogP contribution in [0.15, 0.2) is 36.5 Å². The summed E-state index contributed by atoms with van der Waals surface area (Å²) in [6.45, 7) is 6.27. The first kappa shape index (κ1) is 20.1. The molecule has 1 saturated heterocycles. The number of hydrogen-bond acceptors (Lipinski definition) is 6. The van der Waals surface area contributed by atoms with Crippen LogP contribution in [-0.2, 0) is 0 Å². The predicted octanol–water partition coefficient (Wildman–Crippen LogP) is 4.36. The Balaban J connectivity index is 1.48. The van der Waals surface area contributed by atoms with Gasteiger partial charge in [-0.2, -0.15) is 0 Å². The van der Waals surface area contributed by atoms with Gasteiger partial charge in [0.25, 0.3) is 0 Å². The van der Waals surface area contributed by atoms with E-state index in [9.17, 15) is 0 Å². The fourth-order valence-corrected chi connectivity index (χ4v) is 5.12. The van der Waals surface area contributed by atoms with E-state index in [0.29, 0.717) is 11.9 Å². The van der Waals surface area contributed by atoms with Crippen LogP contribution in [0.25, 0.3) is 10.9 Å². The van der Waals surface area contributed by atoms with Gasteiger partial charge in [0.05, 0.1) is 5.52 Å². The first-order valence-electron chi connectivity index (χ1n) is 11.5. The highest BCUT2D eigenvalue weighted by atomic mass is 15.2. The molecule has 0 spiro atoms. The van der Waals surface area contributed by atoms with Crippen LogP contribution in [0.5, 0.6) is 0 Å². The molecule has 162 valence electrons. The molecule has 2 aromatic carbocycles. The monoisotopic (exact) mass is 416 g/mol. The average Bonchev–Trinajstić information content (AvgIpc) is 3.33. The fraction of sp³-hybridized carbons (Fsp3) is 0.440. The second-order valence-corrected chi connectivity index (χ2v) is 8.92. The van der Waals surface area contributed by atoms with Gasteiger partial charge in [-0.05, 0) is 61.6 Å². The van der Waals surface area contributed by atoms with Crippen molar-refractivity contribution in [2.24, 2.45) is 0 Å². The molecular weight excluding hydrogens is 384 g/mol. The topological polar surface area (TPSA) is 70.3 Å². The van der Waals surface area contributed by atoms with Crippen molar-refractivity contribution in [1.29, 1.82) is 0 Å². The maximum Gasteiger partial charge on any atom is 0.230 e. The van der Waals surface area contributed by atoms with Crippen LogP contribution in [-0.4, -0.2) is 43.2 Å². The zero-order valence-corrected chi connectivity index (χ0v) is 18.6. The lowest BCUT2D eigenvalue weighted by atomic mass is 9.92. The quantitative estimate of drug-likeness (QED) is 0.616. The van der Waals surface area contributed by atoms with Crippen molar-refractivity contribution in [3.8, 4) is 0 Å². The van der Waals surface area contributed by atoms with E-state index in [1.54, 1.807) is 0 Å². The molecular formula is C25H32N6. The van der Waals surface area contributed by atoms with Crippen LogP contribution in [0.2, 0.25) is 0 Å². The van der Waals surface area contributed by atoms with Crippen molar-refractivity contribution in [1.82, 2.24) is 15.3 Å². The Bertz CT molecular complexity index is 1070. The van der Waals surface area contributed by atoms with E-state index in [-0.39, 0.29) is 0 Å². The lowest BCUT2D eigenvalue weighted by molar-refractivity contribution is 0.589. The van der Waals surface area contributed by atoms with Gasteiger partial charge in [-0.3, -0.25) is 0 Å². The Morgan fingerprint density at radius 2 is 1.81 bits per heavy atom. The van der Waals surface area contributed by atoms with Gasteiger partial charge in [-0.15, -0.1) is 0 Å². The van der Waals surface area contributed by atoms with Gasteiger partial charge in [-0.25, -0.2) is 9.97 Å². The molecule has 31 heavy (non-hydrogen) atoms. The van der Waals surface area contributed by atoms with Crippen LogP contribution in [0.4, 0.5) is 23.0 Å². The predicted molar refractivity (Wildman–Crippen MR) is 129 cm³/mol. The lowest BCUT2D eigenvalue weighted by Crippen LogP contribution is -2.43. The maximum atomic E-state index is 6.51. The highest BCUT2D eigenvalue weighted by Gasteiger charge is 2.24. The Morgan fingerprint density at radius 1 is 1.10 bits per heavy atom. The third kappa shape index (κ3) is 3.81. The number of fused-ring (bicyclic) bond motifs is 1. The maximum absolute atomic E-state index is 6.51. The van der Waals surface area contributed by atoms with Crippen LogP contribution >= 0.6 is 0 Å². The lowest BCUT2D eigenvalue weighted by Gasteiger charge is -2.30. The van der Waals surface area contributed by atoms with Gasteiger partial charge in [0, 0.05) is 67.4 Å². The Labute approximate surface area is 184 Å². The van der Waals surface area contributed by atoms with E-state index in [1.807, 2.05) is 13.2 Å². The van der Waals surface area contributed by atoms with Crippen molar-refractivity contribution in [3.05, 3.63) is 47.7 Å². The minimum Gasteiger partial charge on any atom is -0.398 e. The molecule has 0 unspecified atom stereocenters. The summed E-state index contributed by atoms with van der Waals surface area (Å²) in [5, 5.41) is 4.52. The summed E-state index contributed by atoms with van der Waals surface area (Å²) in [6.07, 6.45) is 6.92. The first-order valence-corrected chi connectivity index (χ1v) is 11.5. The summed E-state index contributed by atoms with van der Waals surface area (Å²) in [5.41, 5.74) is 13.1. The number of hydrogen-bond donors (Lipinski definition) is 2. The van der Waals surface area contributed by atoms with Gasteiger partial charge >= 0.3 is 0 Å². The number of piperazine rings is 1. The van der Waals surface area contributed by atoms with Crippen LogP contribution in [0.3, 0.4) is 0 Å². The molecule has 5 rings (SSSR count). The van der Waals surface area contributed by atoms with Gasteiger partial charge in [0.1, 0.15) is 0 Å². The summed E-state index contributed by atoms with van der Waals surface area (Å²) in [5.74, 6) is 1.22. The second-order valence-electron chi connectivity index (χ2n) is 8.92. The van der Waals surface area contributed by atoms with Crippen LogP contribution in [0.1, 0.15) is 42.7 Å². The molecule has 2 heterocycles. The van der Waals surface area contributed by atoms with Crippen molar-refractivity contribution >= 4 is 33.9 Å². The Morgan fingerprint density at radius 3 is 2.52 bits per heavy atom. The van der Waals surface area contributed by atoms with E-state index in [0.717, 1.165) is 54.0 Å². The van der Waals surface area contributed by atoms with Gasteiger partial charge < -0.3 is 20.9 Å². The fourth-order valence-electron chi connectivity index (χ4n) is 5.12. The van der Waals surface area contributed by atoms with E-state index in [1.165, 1.54) is 36.9 Å². The average molecular weight is 417 g/mol. The van der Waals surface area contributed by atoms with Gasteiger partial charge in [0.2, 0.25) is 5.95 Å². The van der Waals surface area contributed by atoms with Crippen molar-refractivity contribution < 1.29 is 0 Å². The molecule has 1 aromatic heterocycles. The number of nitrogen functional groups attached to an aromatic ring is 1. The number of anilines is 4. The molecule has 6 nitrogen and oxygen atoms in total. The summed E-state index contributed by atoms with van der Waals surface area (Å²) in [4.78, 5) is 14.2. The Hall–Kier alpha value is -2.86. The van der Waals surface area contributed by atoms with Gasteiger partial charge in [-0.1, -0.05) is 12.8 Å². The molecule has 1 aliphatic carbocycles. The number of aromatic nitrogens is 2. The minimum atomic E-state index is 0.509. The Kier molecular flexibility index (Phi) is 5.40. The zero-order valence-electron chi connectivity index (χ0n) is 18.6. The van der Waals surface area contributed by atoms with Crippen molar-refractivity contribution in [2.45, 2.75) is 38.5 Å². The van der Waals surface area contributed by atoms with Crippen molar-refractivity contribution in [2.75, 3.05) is 48.8 Å². The minimum absolute atomic E-state index is 0.509. The van der Waals surface area contributed by atoms with E-state index in [2.05, 4.69) is 52.4 Å². The smallest absolute Gasteiger partial charge is 0.230 e.